The van der Waals surface area contributed by atoms with Crippen molar-refractivity contribution in [1.29, 1.82) is 5.41 Å². The molecule has 1 aromatic carbocycles. The number of nitrogens with one attached hydrogen (secondary N) is 3. The number of halogens is 1. The van der Waals surface area contributed by atoms with E-state index in [4.69, 9.17) is 11.1 Å². The Morgan fingerprint density at radius 2 is 2.00 bits per heavy atom. The first kappa shape index (κ1) is 14.4. The van der Waals surface area contributed by atoms with Gasteiger partial charge in [-0.3, -0.25) is 0 Å². The van der Waals surface area contributed by atoms with E-state index in [-0.39, 0.29) is 34.0 Å². The van der Waals surface area contributed by atoms with Gasteiger partial charge in [0.1, 0.15) is 5.82 Å². The standard InChI is InChI=1S/C12H15FN3.Ta/c13-9-1-2-10(11(14)7-9)12(15)8-3-5-16-6-4-8;/h1-2,7-8,14-16H,3-6H2;/q-1;. The van der Waals surface area contributed by atoms with Gasteiger partial charge in [-0.25, -0.2) is 4.39 Å². The van der Waals surface area contributed by atoms with Gasteiger partial charge in [-0.05, 0) is 43.6 Å². The van der Waals surface area contributed by atoms with Crippen molar-refractivity contribution >= 4 is 11.4 Å². The van der Waals surface area contributed by atoms with Crippen molar-refractivity contribution in [3.63, 3.8) is 0 Å². The molecule has 3 N–H and O–H groups in total. The molecular formula is C12H15FN3Ta-. The van der Waals surface area contributed by atoms with Crippen LogP contribution in [0.1, 0.15) is 18.4 Å². The number of piperidine rings is 1. The van der Waals surface area contributed by atoms with Gasteiger partial charge < -0.3 is 16.5 Å². The molecule has 1 aromatic rings. The average Bonchev–Trinajstić information content (AvgIpc) is 2.29. The van der Waals surface area contributed by atoms with E-state index in [9.17, 15) is 4.39 Å². The molecule has 1 saturated heterocycles. The van der Waals surface area contributed by atoms with Crippen LogP contribution >= 0.6 is 0 Å². The van der Waals surface area contributed by atoms with Gasteiger partial charge in [0, 0.05) is 34.0 Å². The van der Waals surface area contributed by atoms with Gasteiger partial charge in [-0.1, -0.05) is 6.07 Å². The van der Waals surface area contributed by atoms with E-state index < -0.39 is 5.82 Å². The molecule has 0 unspecified atom stereocenters. The van der Waals surface area contributed by atoms with Gasteiger partial charge in [-0.2, -0.15) is 0 Å². The molecule has 0 amide bonds. The van der Waals surface area contributed by atoms with Crippen molar-refractivity contribution in [3.05, 3.63) is 35.3 Å². The zero-order chi connectivity index (χ0) is 11.5. The molecule has 0 spiro atoms. The summed E-state index contributed by atoms with van der Waals surface area (Å²) in [5.74, 6) is -0.206. The molecular weight excluding hydrogens is 386 g/mol. The topological polar surface area (TPSA) is 59.7 Å². The van der Waals surface area contributed by atoms with Gasteiger partial charge in [0.15, 0.2) is 0 Å². The van der Waals surface area contributed by atoms with Crippen LogP contribution in [-0.2, 0) is 22.4 Å². The Morgan fingerprint density at radius 3 is 2.59 bits per heavy atom. The van der Waals surface area contributed by atoms with Crippen molar-refractivity contribution in [2.24, 2.45) is 5.92 Å². The summed E-state index contributed by atoms with van der Waals surface area (Å²) in [5, 5.41) is 11.3. The van der Waals surface area contributed by atoms with Gasteiger partial charge in [-0.15, -0.1) is 5.69 Å². The normalized spacial score (nSPS) is 16.3. The van der Waals surface area contributed by atoms with E-state index in [0.29, 0.717) is 11.3 Å². The molecule has 0 aliphatic carbocycles. The molecule has 0 saturated carbocycles. The number of benzene rings is 1. The van der Waals surface area contributed by atoms with Crippen LogP contribution in [-0.4, -0.2) is 18.8 Å². The second-order valence-electron chi connectivity index (χ2n) is 4.13. The largest absolute Gasteiger partial charge is 0.698 e. The van der Waals surface area contributed by atoms with Crippen LogP contribution in [0.2, 0.25) is 0 Å². The summed E-state index contributed by atoms with van der Waals surface area (Å²) in [7, 11) is 0. The summed E-state index contributed by atoms with van der Waals surface area (Å²) < 4.78 is 12.9. The first-order valence-electron chi connectivity index (χ1n) is 5.49. The zero-order valence-corrected chi connectivity index (χ0v) is 12.7. The third-order valence-corrected chi connectivity index (χ3v) is 3.02. The summed E-state index contributed by atoms with van der Waals surface area (Å²) in [6.07, 6.45) is 1.85. The Labute approximate surface area is 116 Å². The molecule has 1 heterocycles. The predicted octanol–water partition coefficient (Wildman–Crippen LogP) is 2.87. The number of rotatable bonds is 2. The van der Waals surface area contributed by atoms with E-state index in [1.54, 1.807) is 6.07 Å². The van der Waals surface area contributed by atoms with Crippen molar-refractivity contribution in [2.75, 3.05) is 13.1 Å². The first-order chi connectivity index (χ1) is 7.68. The zero-order valence-electron chi connectivity index (χ0n) is 9.46. The van der Waals surface area contributed by atoms with Crippen LogP contribution in [0.4, 0.5) is 10.1 Å². The van der Waals surface area contributed by atoms with Crippen LogP contribution in [0, 0.1) is 17.1 Å². The molecule has 3 nitrogen and oxygen atoms in total. The third-order valence-electron chi connectivity index (χ3n) is 3.02. The van der Waals surface area contributed by atoms with Gasteiger partial charge in [0.2, 0.25) is 0 Å². The summed E-state index contributed by atoms with van der Waals surface area (Å²) in [4.78, 5) is 0. The molecule has 1 aliphatic rings. The summed E-state index contributed by atoms with van der Waals surface area (Å²) >= 11 is 0. The van der Waals surface area contributed by atoms with Crippen LogP contribution in [0.25, 0.3) is 5.73 Å². The fourth-order valence-electron chi connectivity index (χ4n) is 2.08. The third kappa shape index (κ3) is 3.39. The SMILES string of the molecule is N=C(c1ccc(F)cc1[NH-])C1CCNCC1.[Ta]. The van der Waals surface area contributed by atoms with E-state index >= 15 is 0 Å². The summed E-state index contributed by atoms with van der Waals surface area (Å²) in [6, 6.07) is 4.04. The van der Waals surface area contributed by atoms with Gasteiger partial charge in [0.05, 0.1) is 0 Å². The second-order valence-corrected chi connectivity index (χ2v) is 4.13. The average molecular weight is 401 g/mol. The van der Waals surface area contributed by atoms with E-state index in [1.807, 2.05) is 0 Å². The summed E-state index contributed by atoms with van der Waals surface area (Å²) in [6.45, 7) is 1.84. The number of hydrogen-bond donors (Lipinski definition) is 2. The van der Waals surface area contributed by atoms with Crippen LogP contribution < -0.4 is 5.32 Å². The fourth-order valence-corrected chi connectivity index (χ4v) is 2.08. The molecule has 0 atom stereocenters. The molecule has 0 bridgehead atoms. The molecule has 2 rings (SSSR count). The maximum absolute atomic E-state index is 12.9. The Hall–Kier alpha value is -0.680. The minimum absolute atomic E-state index is 0. The molecule has 17 heavy (non-hydrogen) atoms. The predicted molar refractivity (Wildman–Crippen MR) is 62.8 cm³/mol. The maximum atomic E-state index is 12.9. The van der Waals surface area contributed by atoms with E-state index in [1.165, 1.54) is 12.1 Å². The number of hydrogen-bond acceptors (Lipinski definition) is 2. The quantitative estimate of drug-likeness (QED) is 0.736. The molecule has 1 fully saturated rings. The van der Waals surface area contributed by atoms with Crippen molar-refractivity contribution in [3.8, 4) is 0 Å². The van der Waals surface area contributed by atoms with Crippen LogP contribution in [0.5, 0.6) is 0 Å². The van der Waals surface area contributed by atoms with Crippen molar-refractivity contribution in [2.45, 2.75) is 12.8 Å². The molecule has 91 valence electrons. The summed E-state index contributed by atoms with van der Waals surface area (Å²) in [5.41, 5.74) is 8.82. The van der Waals surface area contributed by atoms with Crippen molar-refractivity contribution in [1.82, 2.24) is 5.32 Å². The Morgan fingerprint density at radius 1 is 1.35 bits per heavy atom. The van der Waals surface area contributed by atoms with E-state index in [2.05, 4.69) is 5.32 Å². The second kappa shape index (κ2) is 6.31. The maximum Gasteiger partial charge on any atom is 0.122 e. The molecule has 5 heteroatoms. The fraction of sp³-hybridized carbons (Fsp3) is 0.417. The Balaban J connectivity index is 0.00000144. The molecule has 1 aliphatic heterocycles. The van der Waals surface area contributed by atoms with Gasteiger partial charge in [0.25, 0.3) is 0 Å². The minimum Gasteiger partial charge on any atom is -0.698 e. The molecule has 1 radical (unpaired) electrons. The Kier molecular flexibility index (Phi) is 5.33. The monoisotopic (exact) mass is 401 g/mol. The van der Waals surface area contributed by atoms with Crippen molar-refractivity contribution < 1.29 is 26.8 Å². The smallest absolute Gasteiger partial charge is 0.122 e. The van der Waals surface area contributed by atoms with Crippen LogP contribution in [0.3, 0.4) is 0 Å². The minimum atomic E-state index is -0.410. The molecule has 0 aromatic heterocycles. The first-order valence-corrected chi connectivity index (χ1v) is 5.49. The van der Waals surface area contributed by atoms with E-state index in [0.717, 1.165) is 25.9 Å². The van der Waals surface area contributed by atoms with Gasteiger partial charge >= 0.3 is 0 Å². The Bertz CT molecular complexity index is 403. The van der Waals surface area contributed by atoms with Crippen LogP contribution in [0.15, 0.2) is 18.2 Å².